The maximum absolute atomic E-state index is 11.0. The molecule has 2 atom stereocenters. The van der Waals surface area contributed by atoms with E-state index in [9.17, 15) is 4.79 Å². The van der Waals surface area contributed by atoms with Crippen LogP contribution in [0.15, 0.2) is 4.99 Å². The molecule has 11 heavy (non-hydrogen) atoms. The Balaban J connectivity index is 2.45. The van der Waals surface area contributed by atoms with Crippen molar-refractivity contribution in [2.45, 2.75) is 31.7 Å². The van der Waals surface area contributed by atoms with Crippen molar-refractivity contribution in [3.8, 4) is 0 Å². The molecule has 1 aliphatic carbocycles. The lowest BCUT2D eigenvalue weighted by Crippen LogP contribution is -2.30. The molecule has 62 valence electrons. The molecule has 2 N–H and O–H groups in total. The molecule has 0 aromatic rings. The maximum Gasteiger partial charge on any atom is 0.248 e. The zero-order valence-corrected chi connectivity index (χ0v) is 6.62. The Hall–Kier alpha value is -0.700. The zero-order valence-electron chi connectivity index (χ0n) is 6.62. The lowest BCUT2D eigenvalue weighted by molar-refractivity contribution is -0.122. The third kappa shape index (κ3) is 2.12. The van der Waals surface area contributed by atoms with E-state index in [-0.39, 0.29) is 17.9 Å². The van der Waals surface area contributed by atoms with E-state index in [1.807, 2.05) is 0 Å². The molecule has 0 aromatic carbocycles. The Labute approximate surface area is 66.7 Å². The normalized spacial score (nSPS) is 31.4. The second-order valence-corrected chi connectivity index (χ2v) is 3.12. The Kier molecular flexibility index (Phi) is 2.76. The molecule has 1 aliphatic rings. The van der Waals surface area contributed by atoms with Crippen LogP contribution in [-0.2, 0) is 4.79 Å². The first-order valence-corrected chi connectivity index (χ1v) is 4.00. The van der Waals surface area contributed by atoms with Crippen molar-refractivity contribution in [1.82, 2.24) is 0 Å². The van der Waals surface area contributed by atoms with Crippen molar-refractivity contribution < 1.29 is 4.79 Å². The number of carbonyl (C=O) groups is 1. The Morgan fingerprint density at radius 1 is 1.55 bits per heavy atom. The van der Waals surface area contributed by atoms with Crippen LogP contribution in [0.2, 0.25) is 0 Å². The molecule has 0 aliphatic heterocycles. The highest BCUT2D eigenvalue weighted by Crippen LogP contribution is 2.23. The van der Waals surface area contributed by atoms with Crippen LogP contribution in [-0.4, -0.2) is 18.7 Å². The number of rotatable bonds is 1. The van der Waals surface area contributed by atoms with Crippen LogP contribution < -0.4 is 5.73 Å². The van der Waals surface area contributed by atoms with Crippen molar-refractivity contribution in [1.29, 1.82) is 0 Å². The molecule has 2 unspecified atom stereocenters. The van der Waals surface area contributed by atoms with Crippen LogP contribution in [0, 0.1) is 5.92 Å². The summed E-state index contributed by atoms with van der Waals surface area (Å²) in [7, 11) is 0. The minimum absolute atomic E-state index is 0.0521. The third-order valence-electron chi connectivity index (χ3n) is 2.22. The lowest BCUT2D eigenvalue weighted by Gasteiger charge is -2.23. The Morgan fingerprint density at radius 2 is 2.27 bits per heavy atom. The van der Waals surface area contributed by atoms with E-state index in [0.717, 1.165) is 25.7 Å². The molecule has 3 heteroatoms. The maximum atomic E-state index is 11.0. The van der Waals surface area contributed by atoms with Crippen molar-refractivity contribution in [2.24, 2.45) is 16.6 Å². The van der Waals surface area contributed by atoms with Gasteiger partial charge in [0.05, 0.1) is 0 Å². The van der Waals surface area contributed by atoms with Gasteiger partial charge in [-0.2, -0.15) is 0 Å². The van der Waals surface area contributed by atoms with Gasteiger partial charge in [-0.15, -0.1) is 0 Å². The third-order valence-corrected chi connectivity index (χ3v) is 2.22. The summed E-state index contributed by atoms with van der Waals surface area (Å²) in [6.07, 6.45) is 3.82. The van der Waals surface area contributed by atoms with Gasteiger partial charge < -0.3 is 5.73 Å². The summed E-state index contributed by atoms with van der Waals surface area (Å²) in [5.41, 5.74) is 5.70. The fourth-order valence-corrected chi connectivity index (χ4v) is 1.58. The summed E-state index contributed by atoms with van der Waals surface area (Å²) in [6.45, 7) is 3.22. The largest absolute Gasteiger partial charge is 0.328 e. The Bertz CT molecular complexity index is 167. The highest BCUT2D eigenvalue weighted by molar-refractivity contribution is 5.82. The summed E-state index contributed by atoms with van der Waals surface area (Å²) in [5.74, 6) is -0.0311. The average Bonchev–Trinajstić information content (AvgIpc) is 2.03. The second kappa shape index (κ2) is 3.62. The molecule has 1 saturated carbocycles. The molecule has 0 saturated heterocycles. The van der Waals surface area contributed by atoms with Crippen molar-refractivity contribution in [3.63, 3.8) is 0 Å². The highest BCUT2D eigenvalue weighted by Gasteiger charge is 2.24. The van der Waals surface area contributed by atoms with Gasteiger partial charge in [0.25, 0.3) is 0 Å². The summed E-state index contributed by atoms with van der Waals surface area (Å²) >= 11 is 0. The number of nitrogens with zero attached hydrogens (tertiary/aromatic N) is 1. The topological polar surface area (TPSA) is 55.5 Å². The quantitative estimate of drug-likeness (QED) is 0.566. The summed E-state index contributed by atoms with van der Waals surface area (Å²) < 4.78 is 0. The standard InChI is InChI=1S/C8H14N2O/c1-10-8(11)6-3-2-4-7(9)5-6/h6-7H,1-5,9H2. The van der Waals surface area contributed by atoms with E-state index in [0.29, 0.717) is 0 Å². The van der Waals surface area contributed by atoms with Gasteiger partial charge in [0.1, 0.15) is 0 Å². The SMILES string of the molecule is C=NC(=O)C1CCCC(N)C1. The summed E-state index contributed by atoms with van der Waals surface area (Å²) in [6, 6.07) is 0.194. The predicted molar refractivity (Wildman–Crippen MR) is 44.5 cm³/mol. The van der Waals surface area contributed by atoms with Crippen LogP contribution in [0.1, 0.15) is 25.7 Å². The predicted octanol–water partition coefficient (Wildman–Crippen LogP) is 0.731. The first kappa shape index (κ1) is 8.40. The van der Waals surface area contributed by atoms with E-state index < -0.39 is 0 Å². The molecule has 0 heterocycles. The molecule has 3 nitrogen and oxygen atoms in total. The monoisotopic (exact) mass is 154 g/mol. The van der Waals surface area contributed by atoms with Gasteiger partial charge >= 0.3 is 0 Å². The number of amides is 1. The van der Waals surface area contributed by atoms with Gasteiger partial charge in [-0.05, 0) is 26.0 Å². The lowest BCUT2D eigenvalue weighted by atomic mass is 9.86. The smallest absolute Gasteiger partial charge is 0.248 e. The molecule has 0 radical (unpaired) electrons. The summed E-state index contributed by atoms with van der Waals surface area (Å²) in [4.78, 5) is 14.4. The fourth-order valence-electron chi connectivity index (χ4n) is 1.58. The number of carbonyl (C=O) groups excluding carboxylic acids is 1. The molecule has 0 spiro atoms. The molecule has 1 fully saturated rings. The van der Waals surface area contributed by atoms with E-state index >= 15 is 0 Å². The van der Waals surface area contributed by atoms with Crippen LogP contribution >= 0.6 is 0 Å². The molecule has 0 bridgehead atoms. The van der Waals surface area contributed by atoms with Gasteiger partial charge in [0.2, 0.25) is 5.91 Å². The molecular formula is C8H14N2O. The van der Waals surface area contributed by atoms with Gasteiger partial charge in [0.15, 0.2) is 0 Å². The van der Waals surface area contributed by atoms with Gasteiger partial charge in [-0.1, -0.05) is 6.42 Å². The minimum Gasteiger partial charge on any atom is -0.328 e. The first-order valence-electron chi connectivity index (χ1n) is 4.00. The average molecular weight is 154 g/mol. The fraction of sp³-hybridized carbons (Fsp3) is 0.750. The number of aliphatic imine (C=N–C) groups is 1. The second-order valence-electron chi connectivity index (χ2n) is 3.12. The number of hydrogen-bond acceptors (Lipinski definition) is 2. The molecule has 1 rings (SSSR count). The summed E-state index contributed by atoms with van der Waals surface area (Å²) in [5, 5.41) is 0. The molecule has 0 aromatic heterocycles. The van der Waals surface area contributed by atoms with Crippen molar-refractivity contribution >= 4 is 12.6 Å². The van der Waals surface area contributed by atoms with Crippen LogP contribution in [0.4, 0.5) is 0 Å². The van der Waals surface area contributed by atoms with Gasteiger partial charge in [-0.25, -0.2) is 4.99 Å². The van der Waals surface area contributed by atoms with Crippen molar-refractivity contribution in [3.05, 3.63) is 0 Å². The molecular weight excluding hydrogens is 140 g/mol. The van der Waals surface area contributed by atoms with E-state index in [4.69, 9.17) is 5.73 Å². The van der Waals surface area contributed by atoms with Crippen molar-refractivity contribution in [2.75, 3.05) is 0 Å². The zero-order chi connectivity index (χ0) is 8.27. The molecule has 1 amide bonds. The van der Waals surface area contributed by atoms with Crippen LogP contribution in [0.5, 0.6) is 0 Å². The number of nitrogens with two attached hydrogens (primary N) is 1. The van der Waals surface area contributed by atoms with E-state index in [1.165, 1.54) is 0 Å². The van der Waals surface area contributed by atoms with Gasteiger partial charge in [-0.3, -0.25) is 4.79 Å². The van der Waals surface area contributed by atoms with Crippen LogP contribution in [0.3, 0.4) is 0 Å². The highest BCUT2D eigenvalue weighted by atomic mass is 16.1. The Morgan fingerprint density at radius 3 is 2.82 bits per heavy atom. The van der Waals surface area contributed by atoms with Gasteiger partial charge in [0, 0.05) is 12.0 Å². The first-order chi connectivity index (χ1) is 5.24. The van der Waals surface area contributed by atoms with E-state index in [1.54, 1.807) is 0 Å². The number of hydrogen-bond donors (Lipinski definition) is 1. The minimum atomic E-state index is -0.0832. The van der Waals surface area contributed by atoms with E-state index in [2.05, 4.69) is 11.7 Å². The van der Waals surface area contributed by atoms with Crippen LogP contribution in [0.25, 0.3) is 0 Å².